The number of benzene rings is 1. The smallest absolute Gasteiger partial charge is 0.329 e. The van der Waals surface area contributed by atoms with Gasteiger partial charge >= 0.3 is 6.03 Å². The van der Waals surface area contributed by atoms with Crippen molar-refractivity contribution in [1.29, 1.82) is 0 Å². The van der Waals surface area contributed by atoms with E-state index in [1.54, 1.807) is 0 Å². The molecule has 0 unspecified atom stereocenters. The van der Waals surface area contributed by atoms with Crippen molar-refractivity contribution in [1.82, 2.24) is 10.2 Å². The van der Waals surface area contributed by atoms with E-state index < -0.39 is 24.5 Å². The van der Waals surface area contributed by atoms with Gasteiger partial charge in [0, 0.05) is 6.07 Å². The number of urea groups is 1. The van der Waals surface area contributed by atoms with Crippen molar-refractivity contribution >= 4 is 35.6 Å². The number of aliphatic carboxylic acids is 1. The number of nitrogens with one attached hydrogen (secondary N) is 1. The molecule has 2 rings (SSSR count). The first-order chi connectivity index (χ1) is 10.9. The minimum Gasteiger partial charge on any atom is -0.548 e. The van der Waals surface area contributed by atoms with Crippen LogP contribution in [0.1, 0.15) is 5.56 Å². The number of halogens is 1. The highest BCUT2D eigenvalue weighted by molar-refractivity contribution is 6.32. The van der Waals surface area contributed by atoms with Crippen LogP contribution in [0.2, 0.25) is 5.02 Å². The van der Waals surface area contributed by atoms with Gasteiger partial charge in [-0.1, -0.05) is 11.6 Å². The van der Waals surface area contributed by atoms with Gasteiger partial charge in [0.15, 0.2) is 11.5 Å². The van der Waals surface area contributed by atoms with Crippen LogP contribution in [0.15, 0.2) is 17.8 Å². The van der Waals surface area contributed by atoms with Crippen LogP contribution in [0.4, 0.5) is 4.79 Å². The molecule has 122 valence electrons. The molecule has 0 bridgehead atoms. The maximum Gasteiger partial charge on any atom is 0.329 e. The van der Waals surface area contributed by atoms with Gasteiger partial charge < -0.3 is 24.7 Å². The Hall–Kier alpha value is -2.74. The van der Waals surface area contributed by atoms with Crippen LogP contribution in [-0.4, -0.2) is 43.6 Å². The number of carboxylic acids is 1. The summed E-state index contributed by atoms with van der Waals surface area (Å²) in [5, 5.41) is 13.1. The van der Waals surface area contributed by atoms with Crippen LogP contribution in [0, 0.1) is 0 Å². The highest BCUT2D eigenvalue weighted by atomic mass is 35.5. The van der Waals surface area contributed by atoms with Crippen LogP contribution in [-0.2, 0) is 9.59 Å². The molecule has 1 aliphatic rings. The molecule has 1 aromatic carbocycles. The third-order valence-electron chi connectivity index (χ3n) is 3.05. The minimum absolute atomic E-state index is 0.106. The molecular weight excluding hydrogens is 328 g/mol. The quantitative estimate of drug-likeness (QED) is 0.597. The summed E-state index contributed by atoms with van der Waals surface area (Å²) in [6, 6.07) is 2.17. The standard InChI is InChI=1S/C14H13ClN2O6/c1-22-10-4-7(8(15)5-11(10)23-2)3-9-13(20)17(6-12(18)19)14(21)16-9/h3-5H,6H2,1-2H3,(H,16,21)(H,18,19)/p-1/b9-3+. The summed E-state index contributed by atoms with van der Waals surface area (Å²) in [5.41, 5.74) is 0.286. The Labute approximate surface area is 136 Å². The summed E-state index contributed by atoms with van der Waals surface area (Å²) >= 11 is 6.10. The molecule has 0 saturated carbocycles. The van der Waals surface area contributed by atoms with Gasteiger partial charge in [0.05, 0.1) is 31.8 Å². The Morgan fingerprint density at radius 3 is 2.48 bits per heavy atom. The summed E-state index contributed by atoms with van der Waals surface area (Å²) in [4.78, 5) is 34.7. The molecule has 3 amide bonds. The second kappa shape index (κ2) is 6.57. The number of carbonyl (C=O) groups excluding carboxylic acids is 3. The predicted octanol–water partition coefficient (Wildman–Crippen LogP) is -0.000200. The number of amides is 3. The fourth-order valence-corrected chi connectivity index (χ4v) is 2.19. The maximum absolute atomic E-state index is 12.0. The van der Waals surface area contributed by atoms with Crippen LogP contribution < -0.4 is 19.9 Å². The summed E-state index contributed by atoms with van der Waals surface area (Å²) in [6.45, 7) is -0.832. The molecule has 0 spiro atoms. The van der Waals surface area contributed by atoms with Gasteiger partial charge in [-0.2, -0.15) is 0 Å². The fraction of sp³-hybridized carbons (Fsp3) is 0.214. The highest BCUT2D eigenvalue weighted by Gasteiger charge is 2.33. The first-order valence-electron chi connectivity index (χ1n) is 6.33. The zero-order valence-corrected chi connectivity index (χ0v) is 13.0. The molecule has 0 radical (unpaired) electrons. The molecule has 0 atom stereocenters. The average Bonchev–Trinajstić information content (AvgIpc) is 2.76. The lowest BCUT2D eigenvalue weighted by molar-refractivity contribution is -0.305. The van der Waals surface area contributed by atoms with Gasteiger partial charge in [0.1, 0.15) is 5.70 Å². The van der Waals surface area contributed by atoms with E-state index in [1.165, 1.54) is 32.4 Å². The molecular formula is C14H12ClN2O6-. The van der Waals surface area contributed by atoms with Crippen molar-refractivity contribution in [2.75, 3.05) is 20.8 Å². The van der Waals surface area contributed by atoms with Crippen LogP contribution in [0.3, 0.4) is 0 Å². The Bertz CT molecular complexity index is 715. The fourth-order valence-electron chi connectivity index (χ4n) is 1.98. The average molecular weight is 340 g/mol. The second-order valence-electron chi connectivity index (χ2n) is 4.48. The maximum atomic E-state index is 12.0. The monoisotopic (exact) mass is 339 g/mol. The van der Waals surface area contributed by atoms with Crippen molar-refractivity contribution in [3.05, 3.63) is 28.4 Å². The molecule has 1 saturated heterocycles. The Morgan fingerprint density at radius 2 is 1.91 bits per heavy atom. The zero-order chi connectivity index (χ0) is 17.1. The summed E-state index contributed by atoms with van der Waals surface area (Å²) < 4.78 is 10.2. The van der Waals surface area contributed by atoms with E-state index in [0.717, 1.165) is 0 Å². The van der Waals surface area contributed by atoms with E-state index in [1.807, 2.05) is 0 Å². The number of nitrogens with zero attached hydrogens (tertiary/aromatic N) is 1. The van der Waals surface area contributed by atoms with E-state index in [-0.39, 0.29) is 10.7 Å². The summed E-state index contributed by atoms with van der Waals surface area (Å²) in [6.07, 6.45) is 1.32. The molecule has 23 heavy (non-hydrogen) atoms. The topological polar surface area (TPSA) is 108 Å². The summed E-state index contributed by atoms with van der Waals surface area (Å²) in [7, 11) is 2.89. The summed E-state index contributed by atoms with van der Waals surface area (Å²) in [5.74, 6) is -1.55. The van der Waals surface area contributed by atoms with Crippen molar-refractivity contribution in [3.63, 3.8) is 0 Å². The number of ether oxygens (including phenoxy) is 2. The third kappa shape index (κ3) is 3.37. The molecule has 1 heterocycles. The van der Waals surface area contributed by atoms with Gasteiger partial charge in [-0.15, -0.1) is 0 Å². The van der Waals surface area contributed by atoms with Crippen molar-refractivity contribution in [2.45, 2.75) is 0 Å². The van der Waals surface area contributed by atoms with Crippen molar-refractivity contribution in [2.24, 2.45) is 0 Å². The first-order valence-corrected chi connectivity index (χ1v) is 6.71. The van der Waals surface area contributed by atoms with E-state index in [2.05, 4.69) is 5.32 Å². The van der Waals surface area contributed by atoms with Gasteiger partial charge in [-0.05, 0) is 17.7 Å². The van der Waals surface area contributed by atoms with E-state index in [9.17, 15) is 19.5 Å². The Morgan fingerprint density at radius 1 is 1.30 bits per heavy atom. The molecule has 9 heteroatoms. The second-order valence-corrected chi connectivity index (χ2v) is 4.89. The molecule has 1 fully saturated rings. The molecule has 0 aliphatic carbocycles. The number of hydrogen-bond acceptors (Lipinski definition) is 6. The molecule has 1 aromatic rings. The lowest BCUT2D eigenvalue weighted by Gasteiger charge is -2.11. The lowest BCUT2D eigenvalue weighted by atomic mass is 10.1. The highest BCUT2D eigenvalue weighted by Crippen LogP contribution is 2.34. The van der Waals surface area contributed by atoms with Crippen LogP contribution in [0.5, 0.6) is 11.5 Å². The minimum atomic E-state index is -1.54. The molecule has 8 nitrogen and oxygen atoms in total. The molecule has 1 N–H and O–H groups in total. The number of carboxylic acid groups (broad SMARTS) is 1. The van der Waals surface area contributed by atoms with Gasteiger partial charge in [0.25, 0.3) is 5.91 Å². The number of carbonyl (C=O) groups is 3. The SMILES string of the molecule is COc1cc(Cl)c(/C=C2/NC(=O)N(CC(=O)[O-])C2=O)cc1OC. The number of methoxy groups -OCH3 is 2. The van der Waals surface area contributed by atoms with Crippen molar-refractivity contribution < 1.29 is 29.0 Å². The number of rotatable bonds is 5. The van der Waals surface area contributed by atoms with Gasteiger partial charge in [-0.25, -0.2) is 4.79 Å². The van der Waals surface area contributed by atoms with Crippen molar-refractivity contribution in [3.8, 4) is 11.5 Å². The Balaban J connectivity index is 2.37. The number of hydrogen-bond donors (Lipinski definition) is 1. The van der Waals surface area contributed by atoms with Crippen LogP contribution in [0.25, 0.3) is 6.08 Å². The number of imide groups is 1. The van der Waals surface area contributed by atoms with Gasteiger partial charge in [0.2, 0.25) is 0 Å². The van der Waals surface area contributed by atoms with E-state index >= 15 is 0 Å². The van der Waals surface area contributed by atoms with E-state index in [0.29, 0.717) is 22.0 Å². The zero-order valence-electron chi connectivity index (χ0n) is 12.2. The lowest BCUT2D eigenvalue weighted by Crippen LogP contribution is -2.41. The Kier molecular flexibility index (Phi) is 4.75. The van der Waals surface area contributed by atoms with E-state index in [4.69, 9.17) is 21.1 Å². The molecule has 1 aliphatic heterocycles. The van der Waals surface area contributed by atoms with Crippen LogP contribution >= 0.6 is 11.6 Å². The molecule has 0 aromatic heterocycles. The predicted molar refractivity (Wildman–Crippen MR) is 77.8 cm³/mol. The largest absolute Gasteiger partial charge is 0.548 e. The first kappa shape index (κ1) is 16.6. The third-order valence-corrected chi connectivity index (χ3v) is 3.38. The normalized spacial score (nSPS) is 15.8. The van der Waals surface area contributed by atoms with Gasteiger partial charge in [-0.3, -0.25) is 9.69 Å².